The molecule has 0 spiro atoms. The Morgan fingerprint density at radius 1 is 1.05 bits per heavy atom. The van der Waals surface area contributed by atoms with Gasteiger partial charge in [-0.15, -0.1) is 0 Å². The van der Waals surface area contributed by atoms with E-state index in [-0.39, 0.29) is 6.54 Å². The monoisotopic (exact) mass is 312 g/mol. The topological polar surface area (TPSA) is 72.2 Å². The predicted octanol–water partition coefficient (Wildman–Crippen LogP) is 2.72. The Kier molecular flexibility index (Phi) is 5.58. The molecule has 5 heteroatoms. The van der Waals surface area contributed by atoms with Crippen LogP contribution >= 0.6 is 0 Å². The molecule has 4 nitrogen and oxygen atoms in total. The maximum absolute atomic E-state index is 12.7. The Balaban J connectivity index is 3.21. The van der Waals surface area contributed by atoms with Crippen LogP contribution in [0.5, 0.6) is 0 Å². The highest BCUT2D eigenvalue weighted by Crippen LogP contribution is 2.26. The van der Waals surface area contributed by atoms with Crippen molar-refractivity contribution >= 4 is 10.0 Å². The fraction of sp³-hybridized carbons (Fsp3) is 0.625. The molecule has 0 aliphatic heterocycles. The Hall–Kier alpha value is -0.910. The van der Waals surface area contributed by atoms with Gasteiger partial charge in [0.15, 0.2) is 0 Å². The van der Waals surface area contributed by atoms with Crippen molar-refractivity contribution in [3.63, 3.8) is 0 Å². The second-order valence-electron chi connectivity index (χ2n) is 5.98. The van der Waals surface area contributed by atoms with Crippen molar-refractivity contribution in [1.29, 1.82) is 0 Å². The van der Waals surface area contributed by atoms with E-state index in [1.54, 1.807) is 0 Å². The quantitative estimate of drug-likeness (QED) is 0.848. The molecule has 0 aliphatic carbocycles. The van der Waals surface area contributed by atoms with E-state index in [1.165, 1.54) is 0 Å². The van der Waals surface area contributed by atoms with E-state index < -0.39 is 15.6 Å². The third kappa shape index (κ3) is 3.84. The van der Waals surface area contributed by atoms with Gasteiger partial charge in [-0.1, -0.05) is 19.9 Å². The number of aryl methyl sites for hydroxylation is 2. The van der Waals surface area contributed by atoms with Gasteiger partial charge in [-0.05, 0) is 62.8 Å². The second-order valence-corrected chi connectivity index (χ2v) is 7.69. The minimum absolute atomic E-state index is 0.258. The summed E-state index contributed by atoms with van der Waals surface area (Å²) in [5.41, 5.74) is 9.29. The van der Waals surface area contributed by atoms with Gasteiger partial charge in [-0.3, -0.25) is 0 Å². The summed E-state index contributed by atoms with van der Waals surface area (Å²) in [5.74, 6) is 0. The molecule has 1 aromatic rings. The van der Waals surface area contributed by atoms with Crippen molar-refractivity contribution in [2.45, 2.75) is 64.8 Å². The molecule has 0 radical (unpaired) electrons. The van der Waals surface area contributed by atoms with Gasteiger partial charge >= 0.3 is 0 Å². The molecule has 0 atom stereocenters. The van der Waals surface area contributed by atoms with Gasteiger partial charge in [0.25, 0.3) is 0 Å². The number of rotatable bonds is 6. The smallest absolute Gasteiger partial charge is 0.241 e. The Bertz CT molecular complexity index is 591. The van der Waals surface area contributed by atoms with E-state index >= 15 is 0 Å². The van der Waals surface area contributed by atoms with Crippen molar-refractivity contribution in [3.05, 3.63) is 28.3 Å². The van der Waals surface area contributed by atoms with Gasteiger partial charge in [-0.2, -0.15) is 0 Å². The van der Waals surface area contributed by atoms with Crippen molar-refractivity contribution in [1.82, 2.24) is 4.72 Å². The lowest BCUT2D eigenvalue weighted by atomic mass is 9.95. The van der Waals surface area contributed by atoms with E-state index in [4.69, 9.17) is 5.73 Å². The first-order valence-corrected chi connectivity index (χ1v) is 8.92. The highest BCUT2D eigenvalue weighted by molar-refractivity contribution is 7.89. The lowest BCUT2D eigenvalue weighted by Gasteiger charge is -2.27. The lowest BCUT2D eigenvalue weighted by Crippen LogP contribution is -2.49. The molecule has 120 valence electrons. The summed E-state index contributed by atoms with van der Waals surface area (Å²) in [6, 6.07) is 2.02. The van der Waals surface area contributed by atoms with Crippen molar-refractivity contribution in [2.75, 3.05) is 6.54 Å². The maximum atomic E-state index is 12.7. The number of hydrogen-bond donors (Lipinski definition) is 2. The summed E-state index contributed by atoms with van der Waals surface area (Å²) in [7, 11) is -3.55. The molecule has 0 fully saturated rings. The van der Waals surface area contributed by atoms with Gasteiger partial charge in [0.1, 0.15) is 0 Å². The third-order valence-corrected chi connectivity index (χ3v) is 6.26. The van der Waals surface area contributed by atoms with Crippen LogP contribution in [0, 0.1) is 27.7 Å². The normalized spacial score (nSPS) is 12.7. The SMILES string of the molecule is CCC(N)(CC)CNS(=O)(=O)c1c(C)c(C)cc(C)c1C. The fourth-order valence-electron chi connectivity index (χ4n) is 2.39. The number of nitrogens with one attached hydrogen (secondary N) is 1. The molecule has 1 aromatic carbocycles. The van der Waals surface area contributed by atoms with Crippen LogP contribution in [0.4, 0.5) is 0 Å². The summed E-state index contributed by atoms with van der Waals surface area (Å²) >= 11 is 0. The molecule has 0 heterocycles. The summed E-state index contributed by atoms with van der Waals surface area (Å²) < 4.78 is 28.1. The first-order valence-electron chi connectivity index (χ1n) is 7.44. The average Bonchev–Trinajstić information content (AvgIpc) is 2.43. The molecule has 0 saturated heterocycles. The molecule has 0 aromatic heterocycles. The van der Waals surface area contributed by atoms with E-state index in [2.05, 4.69) is 4.72 Å². The van der Waals surface area contributed by atoms with Crippen LogP contribution in [0.25, 0.3) is 0 Å². The minimum Gasteiger partial charge on any atom is -0.324 e. The van der Waals surface area contributed by atoms with E-state index in [1.807, 2.05) is 47.6 Å². The molecule has 0 unspecified atom stereocenters. The van der Waals surface area contributed by atoms with Crippen LogP contribution in [0.15, 0.2) is 11.0 Å². The molecule has 0 aliphatic rings. The number of hydrogen-bond acceptors (Lipinski definition) is 3. The maximum Gasteiger partial charge on any atom is 0.241 e. The standard InChI is InChI=1S/C16H28N2O2S/c1-7-16(17,8-2)10-18-21(19,20)15-13(5)11(3)9-12(4)14(15)6/h9,18H,7-8,10,17H2,1-6H3. The summed E-state index contributed by atoms with van der Waals surface area (Å²) in [4.78, 5) is 0.398. The Morgan fingerprint density at radius 2 is 1.48 bits per heavy atom. The van der Waals surface area contributed by atoms with E-state index in [0.29, 0.717) is 4.90 Å². The predicted molar refractivity (Wildman–Crippen MR) is 88.1 cm³/mol. The third-order valence-electron chi connectivity index (χ3n) is 4.59. The molecule has 0 bridgehead atoms. The van der Waals surface area contributed by atoms with Crippen LogP contribution < -0.4 is 10.5 Å². The Labute approximate surface area is 129 Å². The zero-order valence-electron chi connectivity index (χ0n) is 14.0. The van der Waals surface area contributed by atoms with Crippen LogP contribution in [0.3, 0.4) is 0 Å². The van der Waals surface area contributed by atoms with E-state index in [9.17, 15) is 8.42 Å². The fourth-order valence-corrected chi connectivity index (χ4v) is 4.14. The first kappa shape index (κ1) is 18.1. The lowest BCUT2D eigenvalue weighted by molar-refractivity contribution is 0.391. The molecule has 0 amide bonds. The van der Waals surface area contributed by atoms with Crippen LogP contribution in [0.1, 0.15) is 48.9 Å². The zero-order valence-corrected chi connectivity index (χ0v) is 14.8. The number of nitrogens with two attached hydrogens (primary N) is 1. The highest BCUT2D eigenvalue weighted by Gasteiger charge is 2.26. The molecule has 0 saturated carbocycles. The van der Waals surface area contributed by atoms with Gasteiger partial charge in [0.05, 0.1) is 4.90 Å². The number of sulfonamides is 1. The molecule has 3 N–H and O–H groups in total. The van der Waals surface area contributed by atoms with Gasteiger partial charge in [-0.25, -0.2) is 13.1 Å². The van der Waals surface area contributed by atoms with Crippen LogP contribution in [0.2, 0.25) is 0 Å². The summed E-state index contributed by atoms with van der Waals surface area (Å²) in [6.07, 6.45) is 1.47. The molecule has 1 rings (SSSR count). The Morgan fingerprint density at radius 3 is 1.86 bits per heavy atom. The molecular formula is C16H28N2O2S. The summed E-state index contributed by atoms with van der Waals surface area (Å²) in [6.45, 7) is 11.8. The molecular weight excluding hydrogens is 284 g/mol. The highest BCUT2D eigenvalue weighted by atomic mass is 32.2. The average molecular weight is 312 g/mol. The minimum atomic E-state index is -3.55. The van der Waals surface area contributed by atoms with Crippen molar-refractivity contribution in [3.8, 4) is 0 Å². The largest absolute Gasteiger partial charge is 0.324 e. The van der Waals surface area contributed by atoms with E-state index in [0.717, 1.165) is 35.1 Å². The number of benzene rings is 1. The van der Waals surface area contributed by atoms with Crippen molar-refractivity contribution in [2.24, 2.45) is 5.73 Å². The second kappa shape index (κ2) is 6.46. The van der Waals surface area contributed by atoms with Crippen molar-refractivity contribution < 1.29 is 8.42 Å². The van der Waals surface area contributed by atoms with Gasteiger partial charge in [0, 0.05) is 12.1 Å². The van der Waals surface area contributed by atoms with Gasteiger partial charge < -0.3 is 5.73 Å². The van der Waals surface area contributed by atoms with Crippen LogP contribution in [-0.4, -0.2) is 20.5 Å². The summed E-state index contributed by atoms with van der Waals surface area (Å²) in [5, 5.41) is 0. The zero-order chi connectivity index (χ0) is 16.4. The van der Waals surface area contributed by atoms with Gasteiger partial charge in [0.2, 0.25) is 10.0 Å². The van der Waals surface area contributed by atoms with Crippen LogP contribution in [-0.2, 0) is 10.0 Å². The molecule has 21 heavy (non-hydrogen) atoms. The first-order chi connectivity index (χ1) is 9.58.